The van der Waals surface area contributed by atoms with Crippen LogP contribution in [-0.2, 0) is 9.84 Å². The molecule has 0 aliphatic carbocycles. The van der Waals surface area contributed by atoms with Gasteiger partial charge in [0.15, 0.2) is 27.3 Å². The highest BCUT2D eigenvalue weighted by Crippen LogP contribution is 2.31. The van der Waals surface area contributed by atoms with Crippen LogP contribution in [0.4, 0.5) is 18.9 Å². The number of benzene rings is 2. The fraction of sp³-hybridized carbons (Fsp3) is 0.250. The van der Waals surface area contributed by atoms with Crippen molar-refractivity contribution in [3.63, 3.8) is 0 Å². The smallest absolute Gasteiger partial charge is 0.255 e. The molecule has 0 bridgehead atoms. The topological polar surface area (TPSA) is 78.8 Å². The van der Waals surface area contributed by atoms with Crippen molar-refractivity contribution in [2.75, 3.05) is 18.4 Å². The molecule has 2 aromatic carbocycles. The molecule has 186 valence electrons. The molecule has 3 rings (SSSR count). The molecule has 1 fully saturated rings. The molecule has 0 spiro atoms. The third kappa shape index (κ3) is 5.94. The largest absolute Gasteiger partial charge is 0.357 e. The maximum absolute atomic E-state index is 13.5. The van der Waals surface area contributed by atoms with Crippen LogP contribution < -0.4 is 5.32 Å². The van der Waals surface area contributed by atoms with E-state index in [0.29, 0.717) is 43.9 Å². The lowest BCUT2D eigenvalue weighted by Crippen LogP contribution is -2.38. The minimum Gasteiger partial charge on any atom is -0.357 e. The van der Waals surface area contributed by atoms with E-state index in [0.717, 1.165) is 6.07 Å². The Hall–Kier alpha value is -3.11. The van der Waals surface area contributed by atoms with Crippen molar-refractivity contribution >= 4 is 39.8 Å². The van der Waals surface area contributed by atoms with Crippen LogP contribution >= 0.6 is 11.6 Å². The van der Waals surface area contributed by atoms with Gasteiger partial charge in [0, 0.05) is 36.5 Å². The third-order valence-corrected chi connectivity index (χ3v) is 8.29. The molecule has 1 N–H and O–H groups in total. The van der Waals surface area contributed by atoms with Gasteiger partial charge in [-0.05, 0) is 50.8 Å². The number of anilines is 1. The van der Waals surface area contributed by atoms with Crippen LogP contribution in [0, 0.1) is 17.5 Å². The van der Waals surface area contributed by atoms with E-state index in [1.165, 1.54) is 12.1 Å². The summed E-state index contributed by atoms with van der Waals surface area (Å²) >= 11 is 6.18. The molecule has 11 heteroatoms. The first kappa shape index (κ1) is 26.5. The van der Waals surface area contributed by atoms with Gasteiger partial charge in [0.2, 0.25) is 0 Å². The predicted molar refractivity (Wildman–Crippen MR) is 130 cm³/mol. The highest BCUT2D eigenvalue weighted by Gasteiger charge is 2.33. The zero-order valence-corrected chi connectivity index (χ0v) is 20.3. The monoisotopic (exact) mass is 525 g/mol. The number of sulfone groups is 1. The molecule has 0 atom stereocenters. The Balaban J connectivity index is 1.80. The Bertz CT molecular complexity index is 1280. The highest BCUT2D eigenvalue weighted by molar-refractivity contribution is 7.92. The number of piperidine rings is 1. The van der Waals surface area contributed by atoms with Crippen molar-refractivity contribution in [3.8, 4) is 0 Å². The molecular formula is C24H23ClF3N3O3S. The number of carbonyl (C=O) groups excluding carboxylic acids is 1. The Morgan fingerprint density at radius 3 is 2.37 bits per heavy atom. The number of likely N-dealkylation sites (tertiary alicyclic amines) is 1. The summed E-state index contributed by atoms with van der Waals surface area (Å²) in [6, 6.07) is 4.91. The fourth-order valence-electron chi connectivity index (χ4n) is 3.71. The lowest BCUT2D eigenvalue weighted by Gasteiger charge is -2.33. The van der Waals surface area contributed by atoms with Gasteiger partial charge in [-0.25, -0.2) is 26.6 Å². The van der Waals surface area contributed by atoms with E-state index in [4.69, 9.17) is 11.6 Å². The van der Waals surface area contributed by atoms with E-state index in [9.17, 15) is 26.4 Å². The van der Waals surface area contributed by atoms with E-state index >= 15 is 0 Å². The summed E-state index contributed by atoms with van der Waals surface area (Å²) in [5.74, 6) is -4.80. The van der Waals surface area contributed by atoms with Crippen molar-refractivity contribution in [3.05, 3.63) is 82.4 Å². The van der Waals surface area contributed by atoms with Gasteiger partial charge in [0.05, 0.1) is 15.2 Å². The molecule has 1 aliphatic rings. The number of nitrogens with zero attached hydrogens (tertiary/aromatic N) is 2. The first-order valence-electron chi connectivity index (χ1n) is 10.6. The zero-order chi connectivity index (χ0) is 25.8. The first-order valence-corrected chi connectivity index (χ1v) is 12.5. The van der Waals surface area contributed by atoms with Crippen molar-refractivity contribution in [2.45, 2.75) is 29.9 Å². The Morgan fingerprint density at radius 2 is 1.80 bits per heavy atom. The minimum absolute atomic E-state index is 0.0516. The average Bonchev–Trinajstić information content (AvgIpc) is 2.83. The summed E-state index contributed by atoms with van der Waals surface area (Å²) in [5, 5.41) is 1.44. The SMILES string of the molecule is C=N/C(=C\C=C/C)N1CCC(S(=O)(=O)c2cc(C(=O)Nc3cc(F)c(F)c(F)c3)ccc2Cl)CC1. The van der Waals surface area contributed by atoms with Crippen LogP contribution in [0.25, 0.3) is 0 Å². The molecule has 2 aromatic rings. The van der Waals surface area contributed by atoms with E-state index in [2.05, 4.69) is 17.0 Å². The Kier molecular flexibility index (Phi) is 8.39. The van der Waals surface area contributed by atoms with Crippen LogP contribution in [0.3, 0.4) is 0 Å². The van der Waals surface area contributed by atoms with Gasteiger partial charge in [-0.1, -0.05) is 23.8 Å². The van der Waals surface area contributed by atoms with E-state index in [1.54, 1.807) is 6.08 Å². The molecule has 0 aromatic heterocycles. The second-order valence-corrected chi connectivity index (χ2v) is 10.4. The summed E-state index contributed by atoms with van der Waals surface area (Å²) in [6.07, 6.45) is 6.08. The van der Waals surface area contributed by atoms with Gasteiger partial charge >= 0.3 is 0 Å². The fourth-order valence-corrected chi connectivity index (χ4v) is 5.97. The summed E-state index contributed by atoms with van der Waals surface area (Å²) in [6.45, 7) is 6.30. The maximum atomic E-state index is 13.5. The number of halogens is 4. The number of carbonyl (C=O) groups is 1. The number of nitrogens with one attached hydrogen (secondary N) is 1. The normalized spacial score (nSPS) is 15.5. The van der Waals surface area contributed by atoms with Crippen LogP contribution in [0.5, 0.6) is 0 Å². The molecule has 0 unspecified atom stereocenters. The molecule has 0 saturated carbocycles. The Labute approximate surface area is 206 Å². The van der Waals surface area contributed by atoms with E-state index < -0.39 is 38.4 Å². The second-order valence-electron chi connectivity index (χ2n) is 7.79. The summed E-state index contributed by atoms with van der Waals surface area (Å²) in [5.41, 5.74) is -0.418. The van der Waals surface area contributed by atoms with Crippen molar-refractivity contribution < 1.29 is 26.4 Å². The van der Waals surface area contributed by atoms with Gasteiger partial charge in [-0.15, -0.1) is 0 Å². The number of allylic oxidation sites excluding steroid dienone is 3. The summed E-state index contributed by atoms with van der Waals surface area (Å²) < 4.78 is 66.8. The van der Waals surface area contributed by atoms with Crippen molar-refractivity contribution in [1.29, 1.82) is 0 Å². The molecule has 1 saturated heterocycles. The third-order valence-electron chi connectivity index (χ3n) is 5.55. The second kappa shape index (κ2) is 11.1. The van der Waals surface area contributed by atoms with E-state index in [-0.39, 0.29) is 21.2 Å². The van der Waals surface area contributed by atoms with Gasteiger partial charge in [-0.3, -0.25) is 4.79 Å². The van der Waals surface area contributed by atoms with Crippen LogP contribution in [0.15, 0.2) is 64.3 Å². The van der Waals surface area contributed by atoms with Crippen LogP contribution in [0.2, 0.25) is 5.02 Å². The quantitative estimate of drug-likeness (QED) is 0.300. The average molecular weight is 526 g/mol. The molecule has 1 heterocycles. The number of hydrogen-bond donors (Lipinski definition) is 1. The van der Waals surface area contributed by atoms with Crippen molar-refractivity contribution in [1.82, 2.24) is 4.90 Å². The lowest BCUT2D eigenvalue weighted by atomic mass is 10.1. The maximum Gasteiger partial charge on any atom is 0.255 e. The van der Waals surface area contributed by atoms with Gasteiger partial charge in [-0.2, -0.15) is 0 Å². The molecule has 0 radical (unpaired) electrons. The highest BCUT2D eigenvalue weighted by atomic mass is 35.5. The standard InChI is InChI=1S/C24H23ClF3N3O3S/c1-3-4-5-22(29-2)31-10-8-17(9-11-31)35(33,34)21-12-15(6-7-18(21)25)24(32)30-16-13-19(26)23(28)20(27)14-16/h3-7,12-14,17H,2,8-11H2,1H3,(H,30,32)/b4-3-,22-5+. The number of rotatable bonds is 7. The van der Waals surface area contributed by atoms with Crippen molar-refractivity contribution in [2.24, 2.45) is 4.99 Å². The van der Waals surface area contributed by atoms with Gasteiger partial charge < -0.3 is 10.2 Å². The number of aliphatic imine (C=N–C) groups is 1. The summed E-state index contributed by atoms with van der Waals surface area (Å²) in [4.78, 5) is 18.3. The molecule has 1 amide bonds. The predicted octanol–water partition coefficient (Wildman–Crippen LogP) is 5.37. The van der Waals surface area contributed by atoms with Crippen LogP contribution in [-0.4, -0.2) is 44.3 Å². The van der Waals surface area contributed by atoms with E-state index in [1.807, 2.05) is 24.0 Å². The van der Waals surface area contributed by atoms with Gasteiger partial charge in [0.1, 0.15) is 5.82 Å². The minimum atomic E-state index is -3.90. The molecule has 6 nitrogen and oxygen atoms in total. The Morgan fingerprint density at radius 1 is 1.17 bits per heavy atom. The lowest BCUT2D eigenvalue weighted by molar-refractivity contribution is 0.102. The first-order chi connectivity index (χ1) is 16.6. The number of amides is 1. The molecule has 35 heavy (non-hydrogen) atoms. The molecular weight excluding hydrogens is 503 g/mol. The summed E-state index contributed by atoms with van der Waals surface area (Å²) in [7, 11) is -3.90. The van der Waals surface area contributed by atoms with Gasteiger partial charge in [0.25, 0.3) is 5.91 Å². The molecule has 1 aliphatic heterocycles. The zero-order valence-electron chi connectivity index (χ0n) is 18.8. The number of hydrogen-bond acceptors (Lipinski definition) is 5. The van der Waals surface area contributed by atoms with Crippen LogP contribution in [0.1, 0.15) is 30.1 Å².